The van der Waals surface area contributed by atoms with Gasteiger partial charge in [-0.05, 0) is 42.5 Å². The van der Waals surface area contributed by atoms with Gasteiger partial charge < -0.3 is 20.6 Å². The minimum absolute atomic E-state index is 0.151. The van der Waals surface area contributed by atoms with Crippen molar-refractivity contribution in [3.8, 4) is 28.2 Å². The van der Waals surface area contributed by atoms with Gasteiger partial charge in [0.25, 0.3) is 5.91 Å². The molecule has 0 spiro atoms. The first-order chi connectivity index (χ1) is 15.9. The van der Waals surface area contributed by atoms with Crippen molar-refractivity contribution in [1.29, 1.82) is 0 Å². The van der Waals surface area contributed by atoms with E-state index in [-0.39, 0.29) is 27.9 Å². The molecule has 0 radical (unpaired) electrons. The summed E-state index contributed by atoms with van der Waals surface area (Å²) in [7, 11) is 1.43. The van der Waals surface area contributed by atoms with Crippen molar-refractivity contribution in [3.05, 3.63) is 88.1 Å². The summed E-state index contributed by atoms with van der Waals surface area (Å²) in [5, 5.41) is 0.310. The number of methoxy groups -OCH3 is 1. The topological polar surface area (TPSA) is 109 Å². The Balaban J connectivity index is 1.77. The predicted molar refractivity (Wildman–Crippen MR) is 128 cm³/mol. The Hall–Kier alpha value is -3.90. The fourth-order valence-electron chi connectivity index (χ4n) is 4.45. The Kier molecular flexibility index (Phi) is 5.02. The van der Waals surface area contributed by atoms with Gasteiger partial charge in [0, 0.05) is 11.1 Å². The van der Waals surface area contributed by atoms with Gasteiger partial charge in [0.1, 0.15) is 17.1 Å². The van der Waals surface area contributed by atoms with Gasteiger partial charge in [0.05, 0.1) is 23.6 Å². The Morgan fingerprint density at radius 1 is 1.00 bits per heavy atom. The maximum atomic E-state index is 13.8. The fourth-order valence-corrected chi connectivity index (χ4v) is 4.45. The number of ether oxygens (including phenoxy) is 1. The Bertz CT molecular complexity index is 1420. The molecule has 4 aromatic rings. The third kappa shape index (κ3) is 3.49. The van der Waals surface area contributed by atoms with Crippen molar-refractivity contribution in [2.24, 2.45) is 11.5 Å². The zero-order valence-corrected chi connectivity index (χ0v) is 18.3. The molecule has 1 aromatic heterocycles. The monoisotopic (exact) mass is 440 g/mol. The van der Waals surface area contributed by atoms with E-state index in [2.05, 4.69) is 0 Å². The molecule has 166 valence electrons. The van der Waals surface area contributed by atoms with Crippen LogP contribution in [0.25, 0.3) is 33.4 Å². The van der Waals surface area contributed by atoms with E-state index in [0.717, 1.165) is 36.0 Å². The molecular formula is C27H24N2O4. The molecule has 6 heteroatoms. The lowest BCUT2D eigenvalue weighted by atomic mass is 9.72. The predicted octanol–water partition coefficient (Wildman–Crippen LogP) is 4.57. The molecule has 1 amide bonds. The molecule has 0 aliphatic heterocycles. The number of hydrogen-bond acceptors (Lipinski definition) is 5. The Morgan fingerprint density at radius 3 is 2.27 bits per heavy atom. The number of fused-ring (bicyclic) bond motifs is 1. The first-order valence-corrected chi connectivity index (χ1v) is 10.9. The van der Waals surface area contributed by atoms with Crippen LogP contribution >= 0.6 is 0 Å². The molecule has 6 nitrogen and oxygen atoms in total. The first kappa shape index (κ1) is 21.0. The van der Waals surface area contributed by atoms with E-state index in [4.69, 9.17) is 20.6 Å². The van der Waals surface area contributed by atoms with E-state index in [1.165, 1.54) is 19.2 Å². The zero-order chi connectivity index (χ0) is 23.2. The molecular weight excluding hydrogens is 416 g/mol. The number of carbonyl (C=O) groups is 1. The van der Waals surface area contributed by atoms with Gasteiger partial charge >= 0.3 is 0 Å². The second-order valence-corrected chi connectivity index (χ2v) is 8.50. The lowest BCUT2D eigenvalue weighted by Crippen LogP contribution is -2.43. The van der Waals surface area contributed by atoms with E-state index in [9.17, 15) is 9.59 Å². The van der Waals surface area contributed by atoms with Crippen LogP contribution in [0.5, 0.6) is 5.75 Å². The first-order valence-electron chi connectivity index (χ1n) is 10.9. The smallest absolute Gasteiger partial charge is 0.252 e. The Morgan fingerprint density at radius 2 is 1.70 bits per heavy atom. The standard InChI is InChI=1S/C27H24N2O4/c1-32-21-14-19-22(15-20(21)26(28)31)33-25(17-6-3-2-4-7-17)23(24(19)30)16-8-10-18(11-9-16)27(29)12-5-13-27/h2-4,6-11,14-15H,5,12-13,29H2,1H3,(H2,28,31). The quantitative estimate of drug-likeness (QED) is 0.472. The van der Waals surface area contributed by atoms with Gasteiger partial charge in [-0.2, -0.15) is 0 Å². The van der Waals surface area contributed by atoms with Gasteiger partial charge in [0.2, 0.25) is 5.43 Å². The van der Waals surface area contributed by atoms with Crippen molar-refractivity contribution in [2.75, 3.05) is 7.11 Å². The molecule has 1 aliphatic rings. The minimum Gasteiger partial charge on any atom is -0.496 e. The van der Waals surface area contributed by atoms with Gasteiger partial charge in [-0.15, -0.1) is 0 Å². The summed E-state index contributed by atoms with van der Waals surface area (Å²) < 4.78 is 11.6. The second-order valence-electron chi connectivity index (χ2n) is 8.50. The second kappa shape index (κ2) is 7.90. The van der Waals surface area contributed by atoms with Crippen LogP contribution in [0.1, 0.15) is 35.2 Å². The summed E-state index contributed by atoms with van der Waals surface area (Å²) in [6, 6.07) is 20.2. The molecule has 0 saturated heterocycles. The van der Waals surface area contributed by atoms with E-state index < -0.39 is 5.91 Å². The molecule has 1 fully saturated rings. The largest absolute Gasteiger partial charge is 0.496 e. The SMILES string of the molecule is COc1cc2c(=O)c(-c3ccc(C4(N)CCC4)cc3)c(-c3ccccc3)oc2cc1C(N)=O. The summed E-state index contributed by atoms with van der Waals surface area (Å²) in [4.78, 5) is 25.7. The fraction of sp³-hybridized carbons (Fsp3) is 0.185. The maximum absolute atomic E-state index is 13.8. The van der Waals surface area contributed by atoms with Crippen molar-refractivity contribution >= 4 is 16.9 Å². The van der Waals surface area contributed by atoms with Crippen LogP contribution in [0.2, 0.25) is 0 Å². The highest BCUT2D eigenvalue weighted by molar-refractivity contribution is 6.00. The Labute approximate surface area is 190 Å². The molecule has 0 unspecified atom stereocenters. The van der Waals surface area contributed by atoms with Crippen LogP contribution in [0.3, 0.4) is 0 Å². The number of carbonyl (C=O) groups excluding carboxylic acids is 1. The number of benzene rings is 3. The van der Waals surface area contributed by atoms with Crippen LogP contribution in [0.4, 0.5) is 0 Å². The minimum atomic E-state index is -0.663. The van der Waals surface area contributed by atoms with Crippen LogP contribution in [0, 0.1) is 0 Å². The maximum Gasteiger partial charge on any atom is 0.252 e. The number of rotatable bonds is 5. The van der Waals surface area contributed by atoms with Gasteiger partial charge in [0.15, 0.2) is 0 Å². The number of nitrogens with two attached hydrogens (primary N) is 2. The van der Waals surface area contributed by atoms with Crippen molar-refractivity contribution in [1.82, 2.24) is 0 Å². The van der Waals surface area contributed by atoms with Crippen molar-refractivity contribution in [2.45, 2.75) is 24.8 Å². The van der Waals surface area contributed by atoms with Gasteiger partial charge in [-0.25, -0.2) is 0 Å². The molecule has 33 heavy (non-hydrogen) atoms. The summed E-state index contributed by atoms with van der Waals surface area (Å²) in [5.74, 6) is -0.0114. The molecule has 4 N–H and O–H groups in total. The third-order valence-electron chi connectivity index (χ3n) is 6.51. The van der Waals surface area contributed by atoms with E-state index in [0.29, 0.717) is 16.7 Å². The van der Waals surface area contributed by atoms with E-state index in [1.807, 2.05) is 54.6 Å². The lowest BCUT2D eigenvalue weighted by molar-refractivity contribution is 0.0997. The summed E-state index contributed by atoms with van der Waals surface area (Å²) >= 11 is 0. The summed E-state index contributed by atoms with van der Waals surface area (Å²) in [6.07, 6.45) is 3.04. The molecule has 0 atom stereocenters. The zero-order valence-electron chi connectivity index (χ0n) is 18.3. The average molecular weight is 440 g/mol. The van der Waals surface area contributed by atoms with E-state index >= 15 is 0 Å². The molecule has 5 rings (SSSR count). The van der Waals surface area contributed by atoms with Crippen molar-refractivity contribution < 1.29 is 13.9 Å². The molecule has 1 saturated carbocycles. The van der Waals surface area contributed by atoms with E-state index in [1.54, 1.807) is 0 Å². The number of amides is 1. The van der Waals surface area contributed by atoms with Crippen LogP contribution in [-0.2, 0) is 5.54 Å². The molecule has 0 bridgehead atoms. The lowest BCUT2D eigenvalue weighted by Gasteiger charge is -2.38. The highest BCUT2D eigenvalue weighted by Crippen LogP contribution is 2.40. The van der Waals surface area contributed by atoms with Crippen molar-refractivity contribution in [3.63, 3.8) is 0 Å². The van der Waals surface area contributed by atoms with Crippen LogP contribution < -0.4 is 21.6 Å². The normalized spacial score (nSPS) is 14.6. The van der Waals surface area contributed by atoms with Gasteiger partial charge in [-0.1, -0.05) is 54.6 Å². The summed E-state index contributed by atoms with van der Waals surface area (Å²) in [6.45, 7) is 0. The number of primary amides is 1. The average Bonchev–Trinajstić information content (AvgIpc) is 2.82. The molecule has 1 heterocycles. The molecule has 3 aromatic carbocycles. The van der Waals surface area contributed by atoms with Gasteiger partial charge in [-0.3, -0.25) is 9.59 Å². The highest BCUT2D eigenvalue weighted by atomic mass is 16.5. The highest BCUT2D eigenvalue weighted by Gasteiger charge is 2.34. The third-order valence-corrected chi connectivity index (χ3v) is 6.51. The van der Waals surface area contributed by atoms with Crippen LogP contribution in [0.15, 0.2) is 75.9 Å². The summed E-state index contributed by atoms with van der Waals surface area (Å²) in [5.41, 5.74) is 14.9. The number of hydrogen-bond donors (Lipinski definition) is 2. The van der Waals surface area contributed by atoms with Crippen LogP contribution in [-0.4, -0.2) is 13.0 Å². The molecule has 1 aliphatic carbocycles.